The number of nitrogens with one attached hydrogen (secondary N) is 1. The molecule has 0 aliphatic heterocycles. The van der Waals surface area contributed by atoms with Crippen LogP contribution in [-0.4, -0.2) is 30.9 Å². The molecule has 0 bridgehead atoms. The molecule has 0 saturated carbocycles. The summed E-state index contributed by atoms with van der Waals surface area (Å²) in [7, 11) is 1.93. The fourth-order valence-corrected chi connectivity index (χ4v) is 2.49. The topological polar surface area (TPSA) is 32.3 Å². The summed E-state index contributed by atoms with van der Waals surface area (Å²) in [6.45, 7) is 3.97. The van der Waals surface area contributed by atoms with Crippen molar-refractivity contribution < 1.29 is 4.79 Å². The molecule has 0 unspecified atom stereocenters. The van der Waals surface area contributed by atoms with Gasteiger partial charge in [0.1, 0.15) is 0 Å². The van der Waals surface area contributed by atoms with E-state index in [2.05, 4.69) is 5.32 Å². The third-order valence-electron chi connectivity index (χ3n) is 2.04. The molecule has 0 radical (unpaired) electrons. The predicted molar refractivity (Wildman–Crippen MR) is 69.0 cm³/mol. The molecule has 1 heterocycles. The average molecular weight is 261 g/mol. The van der Waals surface area contributed by atoms with Gasteiger partial charge in [-0.05, 0) is 25.6 Å². The van der Waals surface area contributed by atoms with E-state index in [1.54, 1.807) is 11.3 Å². The second-order valence-corrected chi connectivity index (χ2v) is 5.53. The van der Waals surface area contributed by atoms with Gasteiger partial charge >= 0.3 is 0 Å². The van der Waals surface area contributed by atoms with E-state index in [1.807, 2.05) is 31.0 Å². The number of nitrogens with zero attached hydrogens (tertiary/aromatic N) is 1. The number of thiophene rings is 1. The first kappa shape index (κ1) is 13.5. The van der Waals surface area contributed by atoms with Crippen LogP contribution in [0.2, 0.25) is 4.34 Å². The van der Waals surface area contributed by atoms with Crippen molar-refractivity contribution in [2.24, 2.45) is 0 Å². The van der Waals surface area contributed by atoms with E-state index in [9.17, 15) is 4.79 Å². The number of rotatable bonds is 6. The molecule has 0 aliphatic rings. The summed E-state index contributed by atoms with van der Waals surface area (Å²) in [5.74, 6) is 0.0759. The molecule has 1 N–H and O–H groups in total. The first-order chi connectivity index (χ1) is 7.61. The Kier molecular flexibility index (Phi) is 5.80. The molecule has 1 aromatic rings. The third kappa shape index (κ3) is 4.96. The molecule has 1 rings (SSSR count). The van der Waals surface area contributed by atoms with Crippen LogP contribution in [0.25, 0.3) is 0 Å². The summed E-state index contributed by atoms with van der Waals surface area (Å²) < 4.78 is 0.791. The van der Waals surface area contributed by atoms with Crippen LogP contribution in [0.3, 0.4) is 0 Å². The van der Waals surface area contributed by atoms with Crippen LogP contribution in [0.5, 0.6) is 0 Å². The van der Waals surface area contributed by atoms with Crippen molar-refractivity contribution in [3.05, 3.63) is 21.3 Å². The van der Waals surface area contributed by atoms with E-state index in [1.165, 1.54) is 4.88 Å². The molecule has 0 aliphatic carbocycles. The van der Waals surface area contributed by atoms with Gasteiger partial charge in [-0.2, -0.15) is 0 Å². The Labute approximate surface area is 105 Å². The number of halogens is 1. The van der Waals surface area contributed by atoms with E-state index in [-0.39, 0.29) is 5.91 Å². The molecular weight excluding hydrogens is 244 g/mol. The van der Waals surface area contributed by atoms with Gasteiger partial charge in [0.2, 0.25) is 5.91 Å². The van der Waals surface area contributed by atoms with Crippen LogP contribution in [0.15, 0.2) is 12.1 Å². The second-order valence-electron chi connectivity index (χ2n) is 3.73. The molecule has 5 heteroatoms. The molecule has 90 valence electrons. The largest absolute Gasteiger partial charge is 0.355 e. The van der Waals surface area contributed by atoms with Crippen LogP contribution < -0.4 is 5.32 Å². The third-order valence-corrected chi connectivity index (χ3v) is 3.26. The molecule has 0 atom stereocenters. The Morgan fingerprint density at radius 1 is 1.56 bits per heavy atom. The van der Waals surface area contributed by atoms with Gasteiger partial charge in [0, 0.05) is 18.0 Å². The highest BCUT2D eigenvalue weighted by Crippen LogP contribution is 2.22. The lowest BCUT2D eigenvalue weighted by Gasteiger charge is -2.14. The van der Waals surface area contributed by atoms with Crippen molar-refractivity contribution in [1.29, 1.82) is 0 Å². The maximum atomic E-state index is 11.4. The van der Waals surface area contributed by atoms with E-state index >= 15 is 0 Å². The van der Waals surface area contributed by atoms with Gasteiger partial charge in [0.25, 0.3) is 0 Å². The molecule has 1 amide bonds. The minimum Gasteiger partial charge on any atom is -0.355 e. The number of carbonyl (C=O) groups excluding carboxylic acids is 1. The lowest BCUT2D eigenvalue weighted by atomic mass is 10.4. The SMILES string of the molecule is CCCNC(=O)CN(C)Cc1ccc(Cl)s1. The summed E-state index contributed by atoms with van der Waals surface area (Å²) in [6, 6.07) is 3.87. The monoisotopic (exact) mass is 260 g/mol. The Morgan fingerprint density at radius 3 is 2.88 bits per heavy atom. The molecule has 0 aromatic carbocycles. The van der Waals surface area contributed by atoms with Crippen LogP contribution in [-0.2, 0) is 11.3 Å². The molecule has 0 fully saturated rings. The Balaban J connectivity index is 2.30. The smallest absolute Gasteiger partial charge is 0.234 e. The number of likely N-dealkylation sites (N-methyl/N-ethyl adjacent to an activating group) is 1. The van der Waals surface area contributed by atoms with E-state index in [0.717, 1.165) is 23.8 Å². The molecule has 0 spiro atoms. The summed E-state index contributed by atoms with van der Waals surface area (Å²) >= 11 is 7.39. The Morgan fingerprint density at radius 2 is 2.31 bits per heavy atom. The zero-order chi connectivity index (χ0) is 12.0. The zero-order valence-corrected chi connectivity index (χ0v) is 11.2. The van der Waals surface area contributed by atoms with E-state index in [4.69, 9.17) is 11.6 Å². The molecule has 16 heavy (non-hydrogen) atoms. The van der Waals surface area contributed by atoms with Crippen molar-refractivity contribution in [2.75, 3.05) is 20.1 Å². The van der Waals surface area contributed by atoms with Crippen molar-refractivity contribution >= 4 is 28.8 Å². The van der Waals surface area contributed by atoms with Crippen molar-refractivity contribution in [1.82, 2.24) is 10.2 Å². The van der Waals surface area contributed by atoms with Crippen LogP contribution >= 0.6 is 22.9 Å². The van der Waals surface area contributed by atoms with Crippen LogP contribution in [0.1, 0.15) is 18.2 Å². The first-order valence-corrected chi connectivity index (χ1v) is 6.50. The van der Waals surface area contributed by atoms with Gasteiger partial charge in [-0.25, -0.2) is 0 Å². The summed E-state index contributed by atoms with van der Waals surface area (Å²) in [5, 5.41) is 2.85. The fraction of sp³-hybridized carbons (Fsp3) is 0.545. The fourth-order valence-electron chi connectivity index (χ4n) is 1.32. The number of amides is 1. The van der Waals surface area contributed by atoms with E-state index < -0.39 is 0 Å². The maximum absolute atomic E-state index is 11.4. The molecule has 1 aromatic heterocycles. The predicted octanol–water partition coefficient (Wildman–Crippen LogP) is 2.36. The van der Waals surface area contributed by atoms with Crippen molar-refractivity contribution in [3.8, 4) is 0 Å². The zero-order valence-electron chi connectivity index (χ0n) is 9.62. The molecule has 0 saturated heterocycles. The van der Waals surface area contributed by atoms with Gasteiger partial charge in [-0.1, -0.05) is 18.5 Å². The summed E-state index contributed by atoms with van der Waals surface area (Å²) in [5.41, 5.74) is 0. The highest BCUT2D eigenvalue weighted by molar-refractivity contribution is 7.16. The Bertz CT molecular complexity index is 340. The van der Waals surface area contributed by atoms with Gasteiger partial charge < -0.3 is 5.32 Å². The number of hydrogen-bond donors (Lipinski definition) is 1. The maximum Gasteiger partial charge on any atom is 0.234 e. The minimum atomic E-state index is 0.0759. The quantitative estimate of drug-likeness (QED) is 0.852. The highest BCUT2D eigenvalue weighted by atomic mass is 35.5. The summed E-state index contributed by atoms with van der Waals surface area (Å²) in [4.78, 5) is 14.6. The first-order valence-electron chi connectivity index (χ1n) is 5.31. The normalized spacial score (nSPS) is 10.8. The van der Waals surface area contributed by atoms with Gasteiger partial charge in [-0.3, -0.25) is 9.69 Å². The van der Waals surface area contributed by atoms with Gasteiger partial charge in [-0.15, -0.1) is 11.3 Å². The standard InChI is InChI=1S/C11H17ClN2OS/c1-3-6-13-11(15)8-14(2)7-9-4-5-10(12)16-9/h4-5H,3,6-8H2,1-2H3,(H,13,15). The van der Waals surface area contributed by atoms with Crippen molar-refractivity contribution in [2.45, 2.75) is 19.9 Å². The lowest BCUT2D eigenvalue weighted by Crippen LogP contribution is -2.35. The van der Waals surface area contributed by atoms with Crippen molar-refractivity contribution in [3.63, 3.8) is 0 Å². The van der Waals surface area contributed by atoms with E-state index in [0.29, 0.717) is 6.54 Å². The number of carbonyl (C=O) groups is 1. The summed E-state index contributed by atoms with van der Waals surface area (Å²) in [6.07, 6.45) is 0.968. The Hall–Kier alpha value is -0.580. The van der Waals surface area contributed by atoms with Crippen LogP contribution in [0.4, 0.5) is 0 Å². The van der Waals surface area contributed by atoms with Gasteiger partial charge in [0.15, 0.2) is 0 Å². The minimum absolute atomic E-state index is 0.0759. The second kappa shape index (κ2) is 6.89. The van der Waals surface area contributed by atoms with Gasteiger partial charge in [0.05, 0.1) is 10.9 Å². The molecular formula is C11H17ClN2OS. The number of hydrogen-bond acceptors (Lipinski definition) is 3. The molecule has 3 nitrogen and oxygen atoms in total. The average Bonchev–Trinajstić information content (AvgIpc) is 2.60. The van der Waals surface area contributed by atoms with Crippen LogP contribution in [0, 0.1) is 0 Å². The highest BCUT2D eigenvalue weighted by Gasteiger charge is 2.07. The lowest BCUT2D eigenvalue weighted by molar-refractivity contribution is -0.122.